The maximum Gasteiger partial charge on any atom is 0.416 e. The minimum Gasteiger partial charge on any atom is -0.332 e. The number of hydrogen-bond donors (Lipinski definition) is 1. The second kappa shape index (κ2) is 7.90. The lowest BCUT2D eigenvalue weighted by Gasteiger charge is -2.30. The Labute approximate surface area is 164 Å². The molecule has 1 fully saturated rings. The van der Waals surface area contributed by atoms with Crippen molar-refractivity contribution in [3.05, 3.63) is 47.9 Å². The molecular weight excluding hydrogens is 397 g/mol. The molecule has 150 valence electrons. The normalized spacial score (nSPS) is 18.1. The number of hydrogen-bond acceptors (Lipinski definition) is 6. The lowest BCUT2D eigenvalue weighted by molar-refractivity contribution is -0.137. The summed E-state index contributed by atoms with van der Waals surface area (Å²) in [4.78, 5) is 6.53. The van der Waals surface area contributed by atoms with Crippen LogP contribution in [0.25, 0.3) is 17.3 Å². The largest absolute Gasteiger partial charge is 0.416 e. The van der Waals surface area contributed by atoms with Gasteiger partial charge in [-0.25, -0.2) is 4.68 Å². The van der Waals surface area contributed by atoms with Crippen molar-refractivity contribution >= 4 is 12.4 Å². The Kier molecular flexibility index (Phi) is 5.73. The van der Waals surface area contributed by atoms with Gasteiger partial charge in [0, 0.05) is 25.8 Å². The first-order chi connectivity index (χ1) is 12.9. The third-order valence-corrected chi connectivity index (χ3v) is 4.50. The highest BCUT2D eigenvalue weighted by atomic mass is 35.5. The van der Waals surface area contributed by atoms with E-state index in [-0.39, 0.29) is 24.3 Å². The van der Waals surface area contributed by atoms with Gasteiger partial charge < -0.3 is 9.84 Å². The van der Waals surface area contributed by atoms with Crippen molar-refractivity contribution < 1.29 is 17.7 Å². The molecule has 0 saturated carbocycles. The molecule has 7 nitrogen and oxygen atoms in total. The van der Waals surface area contributed by atoms with Crippen molar-refractivity contribution in [2.75, 3.05) is 26.7 Å². The first-order valence-corrected chi connectivity index (χ1v) is 8.40. The first kappa shape index (κ1) is 20.3. The van der Waals surface area contributed by atoms with E-state index in [4.69, 9.17) is 4.52 Å². The number of alkyl halides is 3. The van der Waals surface area contributed by atoms with Gasteiger partial charge in [0.15, 0.2) is 11.5 Å². The maximum atomic E-state index is 12.9. The van der Waals surface area contributed by atoms with Gasteiger partial charge in [-0.3, -0.25) is 4.90 Å². The van der Waals surface area contributed by atoms with E-state index < -0.39 is 11.7 Å². The molecule has 28 heavy (non-hydrogen) atoms. The summed E-state index contributed by atoms with van der Waals surface area (Å²) < 4.78 is 45.3. The van der Waals surface area contributed by atoms with Gasteiger partial charge in [-0.15, -0.1) is 12.4 Å². The van der Waals surface area contributed by atoms with E-state index in [9.17, 15) is 13.2 Å². The van der Waals surface area contributed by atoms with Crippen LogP contribution in [0.4, 0.5) is 13.2 Å². The van der Waals surface area contributed by atoms with Crippen molar-refractivity contribution in [3.8, 4) is 17.3 Å². The molecular formula is C17H18ClF3N6O. The van der Waals surface area contributed by atoms with Crippen LogP contribution in [0.3, 0.4) is 0 Å². The zero-order valence-electron chi connectivity index (χ0n) is 14.8. The van der Waals surface area contributed by atoms with Crippen LogP contribution in [0.1, 0.15) is 17.4 Å². The molecule has 0 amide bonds. The van der Waals surface area contributed by atoms with Gasteiger partial charge in [0.2, 0.25) is 0 Å². The number of nitrogens with zero attached hydrogens (tertiary/aromatic N) is 5. The second-order valence-electron chi connectivity index (χ2n) is 6.35. The van der Waals surface area contributed by atoms with E-state index in [0.717, 1.165) is 25.2 Å². The van der Waals surface area contributed by atoms with Crippen LogP contribution in [0.2, 0.25) is 0 Å². The highest BCUT2D eigenvalue weighted by molar-refractivity contribution is 5.85. The number of halogens is 4. The van der Waals surface area contributed by atoms with Crippen LogP contribution in [-0.2, 0) is 6.18 Å². The van der Waals surface area contributed by atoms with E-state index in [1.165, 1.54) is 10.7 Å². The van der Waals surface area contributed by atoms with Crippen molar-refractivity contribution in [3.63, 3.8) is 0 Å². The van der Waals surface area contributed by atoms with Crippen molar-refractivity contribution in [2.24, 2.45) is 0 Å². The molecule has 0 radical (unpaired) electrons. The van der Waals surface area contributed by atoms with E-state index in [0.29, 0.717) is 23.8 Å². The predicted octanol–water partition coefficient (Wildman–Crippen LogP) is 2.94. The summed E-state index contributed by atoms with van der Waals surface area (Å²) >= 11 is 0. The summed E-state index contributed by atoms with van der Waals surface area (Å²) in [6.07, 6.45) is -2.85. The van der Waals surface area contributed by atoms with Crippen LogP contribution in [0.15, 0.2) is 41.1 Å². The Morgan fingerprint density at radius 2 is 2.07 bits per heavy atom. The van der Waals surface area contributed by atoms with Crippen molar-refractivity contribution in [2.45, 2.75) is 12.2 Å². The number of likely N-dealkylation sites (N-methyl/N-ethyl adjacent to an activating group) is 1. The quantitative estimate of drug-likeness (QED) is 0.710. The topological polar surface area (TPSA) is 72.0 Å². The highest BCUT2D eigenvalue weighted by Crippen LogP contribution is 2.30. The molecule has 1 saturated heterocycles. The van der Waals surface area contributed by atoms with Crippen molar-refractivity contribution in [1.82, 2.24) is 30.1 Å². The first-order valence-electron chi connectivity index (χ1n) is 8.40. The fourth-order valence-corrected chi connectivity index (χ4v) is 2.98. The summed E-state index contributed by atoms with van der Waals surface area (Å²) in [6.45, 7) is 2.49. The Morgan fingerprint density at radius 1 is 1.25 bits per heavy atom. The third kappa shape index (κ3) is 4.03. The van der Waals surface area contributed by atoms with E-state index in [1.54, 1.807) is 18.3 Å². The molecule has 11 heteroatoms. The minimum atomic E-state index is -4.41. The number of rotatable bonds is 3. The monoisotopic (exact) mass is 414 g/mol. The van der Waals surface area contributed by atoms with E-state index in [2.05, 4.69) is 25.5 Å². The molecule has 1 N–H and O–H groups in total. The average molecular weight is 415 g/mol. The summed E-state index contributed by atoms with van der Waals surface area (Å²) in [5.74, 6) is 0.781. The van der Waals surface area contributed by atoms with Crippen LogP contribution in [-0.4, -0.2) is 51.5 Å². The van der Waals surface area contributed by atoms with Gasteiger partial charge in [-0.2, -0.15) is 23.3 Å². The Balaban J connectivity index is 0.00000225. The molecule has 0 aliphatic carbocycles. The van der Waals surface area contributed by atoms with Gasteiger partial charge in [-0.05, 0) is 31.3 Å². The molecule has 0 bridgehead atoms. The minimum absolute atomic E-state index is 0. The zero-order valence-corrected chi connectivity index (χ0v) is 15.7. The van der Waals surface area contributed by atoms with Crippen LogP contribution < -0.4 is 5.32 Å². The second-order valence-corrected chi connectivity index (χ2v) is 6.35. The Bertz CT molecular complexity index is 941. The average Bonchev–Trinajstić information content (AvgIpc) is 3.31. The molecule has 1 aromatic carbocycles. The Hall–Kier alpha value is -2.43. The van der Waals surface area contributed by atoms with Crippen LogP contribution >= 0.6 is 12.4 Å². The van der Waals surface area contributed by atoms with E-state index >= 15 is 0 Å². The van der Waals surface area contributed by atoms with Gasteiger partial charge >= 0.3 is 6.18 Å². The molecule has 1 aliphatic heterocycles. The summed E-state index contributed by atoms with van der Waals surface area (Å²) in [6, 6.07) is 6.58. The summed E-state index contributed by atoms with van der Waals surface area (Å²) in [5.41, 5.74) is -0.0328. The molecule has 1 aliphatic rings. The summed E-state index contributed by atoms with van der Waals surface area (Å²) in [5, 5.41) is 11.6. The van der Waals surface area contributed by atoms with Crippen LogP contribution in [0, 0.1) is 0 Å². The standard InChI is InChI=1S/C17H17F3N6O.ClH/c1-25-8-6-21-10-14(25)15-22-16(27-24-15)13-5-7-26(23-13)12-4-2-3-11(9-12)17(18,19)20;/h2-5,7,9,14,21H,6,8,10H2,1H3;1H. The molecule has 4 rings (SSSR count). The highest BCUT2D eigenvalue weighted by Gasteiger charge is 2.30. The van der Waals surface area contributed by atoms with E-state index in [1.807, 2.05) is 7.05 Å². The number of benzene rings is 1. The fraction of sp³-hybridized carbons (Fsp3) is 0.353. The van der Waals surface area contributed by atoms with Gasteiger partial charge in [0.05, 0.1) is 17.3 Å². The smallest absolute Gasteiger partial charge is 0.332 e. The number of nitrogens with one attached hydrogen (secondary N) is 1. The third-order valence-electron chi connectivity index (χ3n) is 4.50. The SMILES string of the molecule is CN1CCNCC1c1noc(-c2ccn(-c3cccc(C(F)(F)F)c3)n2)n1.Cl. The molecule has 3 aromatic rings. The lowest BCUT2D eigenvalue weighted by Crippen LogP contribution is -2.44. The van der Waals surface area contributed by atoms with Crippen molar-refractivity contribution in [1.29, 1.82) is 0 Å². The predicted molar refractivity (Wildman–Crippen MR) is 97.3 cm³/mol. The summed E-state index contributed by atoms with van der Waals surface area (Å²) in [7, 11) is 1.99. The number of piperazine rings is 1. The molecule has 2 aromatic heterocycles. The molecule has 3 heterocycles. The number of aromatic nitrogens is 4. The maximum absolute atomic E-state index is 12.9. The van der Waals surface area contributed by atoms with Gasteiger partial charge in [-0.1, -0.05) is 11.2 Å². The molecule has 0 spiro atoms. The lowest BCUT2D eigenvalue weighted by atomic mass is 10.2. The fourth-order valence-electron chi connectivity index (χ4n) is 2.98. The molecule has 1 unspecified atom stereocenters. The zero-order chi connectivity index (χ0) is 19.0. The Morgan fingerprint density at radius 3 is 2.82 bits per heavy atom. The van der Waals surface area contributed by atoms with Gasteiger partial charge in [0.25, 0.3) is 5.89 Å². The van der Waals surface area contributed by atoms with Crippen LogP contribution in [0.5, 0.6) is 0 Å². The molecule has 1 atom stereocenters. The van der Waals surface area contributed by atoms with Gasteiger partial charge in [0.1, 0.15) is 0 Å².